The number of carbonyl (C=O) groups excluding carboxylic acids is 2. The van der Waals surface area contributed by atoms with Crippen molar-refractivity contribution >= 4 is 17.9 Å². The summed E-state index contributed by atoms with van der Waals surface area (Å²) in [6.07, 6.45) is 2.22. The molecule has 0 unspecified atom stereocenters. The van der Waals surface area contributed by atoms with Crippen molar-refractivity contribution in [2.24, 2.45) is 50.7 Å². The Labute approximate surface area is 296 Å². The summed E-state index contributed by atoms with van der Waals surface area (Å²) in [6, 6.07) is 0. The molecule has 0 radical (unpaired) electrons. The van der Waals surface area contributed by atoms with E-state index in [4.69, 9.17) is 18.9 Å². The van der Waals surface area contributed by atoms with E-state index in [2.05, 4.69) is 33.8 Å². The van der Waals surface area contributed by atoms with Crippen LogP contribution in [0.2, 0.25) is 0 Å². The van der Waals surface area contributed by atoms with E-state index in [1.807, 2.05) is 6.92 Å². The second-order valence-corrected chi connectivity index (χ2v) is 18.1. The fourth-order valence-electron chi connectivity index (χ4n) is 12.2. The van der Waals surface area contributed by atoms with Gasteiger partial charge < -0.3 is 39.4 Å². The summed E-state index contributed by atoms with van der Waals surface area (Å²) in [6.45, 7) is 15.6. The van der Waals surface area contributed by atoms with Gasteiger partial charge in [-0.25, -0.2) is 0 Å². The molecule has 0 spiro atoms. The number of allylic oxidation sites excluding steroid dienone is 2. The van der Waals surface area contributed by atoms with E-state index in [9.17, 15) is 34.8 Å². The van der Waals surface area contributed by atoms with Crippen LogP contribution in [0.1, 0.15) is 113 Å². The number of fused-ring (bicyclic) bond motifs is 7. The highest BCUT2D eigenvalue weighted by atomic mass is 16.7. The normalized spacial score (nSPS) is 51.5. The predicted octanol–water partition coefficient (Wildman–Crippen LogP) is 4.78. The largest absolute Gasteiger partial charge is 0.481 e. The number of esters is 2. The minimum absolute atomic E-state index is 0.0698. The molecule has 1 aliphatic heterocycles. The first kappa shape index (κ1) is 37.7. The average Bonchev–Trinajstić information content (AvgIpc) is 3.02. The lowest BCUT2D eigenvalue weighted by molar-refractivity contribution is -0.305. The number of ether oxygens (including phenoxy) is 4. The zero-order valence-electron chi connectivity index (χ0n) is 31.1. The van der Waals surface area contributed by atoms with E-state index >= 15 is 0 Å². The van der Waals surface area contributed by atoms with Gasteiger partial charge in [-0.1, -0.05) is 39.3 Å². The summed E-state index contributed by atoms with van der Waals surface area (Å²) in [7, 11) is 0. The Bertz CT molecular complexity index is 1400. The Morgan fingerprint density at radius 2 is 1.58 bits per heavy atom. The van der Waals surface area contributed by atoms with Crippen molar-refractivity contribution in [1.82, 2.24) is 0 Å². The van der Waals surface area contributed by atoms with Crippen LogP contribution in [0.15, 0.2) is 11.6 Å². The van der Waals surface area contributed by atoms with E-state index in [1.165, 1.54) is 19.4 Å². The molecular formula is C39H60O11. The van der Waals surface area contributed by atoms with Crippen LogP contribution in [0.4, 0.5) is 0 Å². The highest BCUT2D eigenvalue weighted by Gasteiger charge is 2.69. The van der Waals surface area contributed by atoms with E-state index < -0.39 is 71.7 Å². The van der Waals surface area contributed by atoms with Crippen molar-refractivity contribution in [3.05, 3.63) is 11.6 Å². The Kier molecular flexibility index (Phi) is 9.66. The molecule has 0 amide bonds. The molecular weight excluding hydrogens is 644 g/mol. The second kappa shape index (κ2) is 12.8. The summed E-state index contributed by atoms with van der Waals surface area (Å²) in [4.78, 5) is 36.4. The van der Waals surface area contributed by atoms with Crippen LogP contribution < -0.4 is 0 Å². The first-order chi connectivity index (χ1) is 23.2. The maximum atomic E-state index is 12.5. The SMILES string of the molecule is CC(=O)O[C@@H]1[C@@H](O)[C@@H](O)[C@H](OC[C@@H]2[C@@H](OC(C)=O)C[C@H](O)[C@]3(C)[C@H]4CC=C5[C@@H]6C[C@](C)(C(=O)O)CC[C@]6(C)CC[C@@]5(C)[C@]4(C)CC[C@@H]23)O[C@H]1C. The molecule has 1 saturated heterocycles. The number of aliphatic hydroxyl groups excluding tert-OH is 3. The summed E-state index contributed by atoms with van der Waals surface area (Å²) >= 11 is 0. The number of carboxylic acids is 1. The summed E-state index contributed by atoms with van der Waals surface area (Å²) in [5.41, 5.74) is -0.114. The van der Waals surface area contributed by atoms with Crippen molar-refractivity contribution in [2.75, 3.05) is 6.61 Å². The first-order valence-electron chi connectivity index (χ1n) is 18.8. The molecule has 5 aliphatic carbocycles. The van der Waals surface area contributed by atoms with Gasteiger partial charge in [0.2, 0.25) is 0 Å². The van der Waals surface area contributed by atoms with Crippen molar-refractivity contribution in [3.8, 4) is 0 Å². The Hall–Kier alpha value is -2.05. The van der Waals surface area contributed by atoms with Gasteiger partial charge in [-0.05, 0) is 99.2 Å². The molecule has 0 bridgehead atoms. The molecule has 6 rings (SSSR count). The molecule has 11 heteroatoms. The second-order valence-electron chi connectivity index (χ2n) is 18.1. The van der Waals surface area contributed by atoms with Crippen LogP contribution in [0, 0.1) is 50.7 Å². The molecule has 4 N–H and O–H groups in total. The number of aliphatic hydroxyl groups is 3. The molecule has 0 aromatic rings. The summed E-state index contributed by atoms with van der Waals surface area (Å²) in [5, 5.41) is 44.1. The lowest BCUT2D eigenvalue weighted by Gasteiger charge is -2.71. The molecule has 282 valence electrons. The number of rotatable bonds is 6. The molecule has 0 aromatic carbocycles. The maximum Gasteiger partial charge on any atom is 0.309 e. The van der Waals surface area contributed by atoms with Gasteiger partial charge >= 0.3 is 17.9 Å². The van der Waals surface area contributed by atoms with Crippen molar-refractivity contribution in [3.63, 3.8) is 0 Å². The Morgan fingerprint density at radius 1 is 0.920 bits per heavy atom. The van der Waals surface area contributed by atoms with E-state index in [0.29, 0.717) is 12.8 Å². The molecule has 16 atom stereocenters. The molecule has 1 heterocycles. The summed E-state index contributed by atoms with van der Waals surface area (Å²) < 4.78 is 23.2. The van der Waals surface area contributed by atoms with Gasteiger partial charge in [0.15, 0.2) is 12.4 Å². The van der Waals surface area contributed by atoms with Gasteiger partial charge in [-0.3, -0.25) is 14.4 Å². The number of carbonyl (C=O) groups is 3. The zero-order chi connectivity index (χ0) is 36.8. The highest BCUT2D eigenvalue weighted by molar-refractivity contribution is 5.74. The van der Waals surface area contributed by atoms with E-state index in [-0.39, 0.29) is 52.9 Å². The van der Waals surface area contributed by atoms with Crippen LogP contribution in [0.25, 0.3) is 0 Å². The minimum Gasteiger partial charge on any atom is -0.481 e. The fourth-order valence-corrected chi connectivity index (χ4v) is 12.2. The van der Waals surface area contributed by atoms with Gasteiger partial charge in [-0.15, -0.1) is 0 Å². The smallest absolute Gasteiger partial charge is 0.309 e. The zero-order valence-corrected chi connectivity index (χ0v) is 31.1. The van der Waals surface area contributed by atoms with Crippen molar-refractivity contribution in [1.29, 1.82) is 0 Å². The third kappa shape index (κ3) is 5.67. The van der Waals surface area contributed by atoms with E-state index in [0.717, 1.165) is 38.5 Å². The minimum atomic E-state index is -1.47. The van der Waals surface area contributed by atoms with Crippen LogP contribution in [-0.4, -0.2) is 87.9 Å². The Balaban J connectivity index is 1.30. The van der Waals surface area contributed by atoms with Gasteiger partial charge in [-0.2, -0.15) is 0 Å². The van der Waals surface area contributed by atoms with Gasteiger partial charge in [0.25, 0.3) is 0 Å². The molecule has 50 heavy (non-hydrogen) atoms. The Morgan fingerprint density at radius 3 is 2.22 bits per heavy atom. The van der Waals surface area contributed by atoms with Crippen LogP contribution in [-0.2, 0) is 33.3 Å². The third-order valence-electron chi connectivity index (χ3n) is 15.6. The van der Waals surface area contributed by atoms with Crippen LogP contribution in [0.5, 0.6) is 0 Å². The topological polar surface area (TPSA) is 169 Å². The number of hydrogen-bond acceptors (Lipinski definition) is 10. The van der Waals surface area contributed by atoms with E-state index in [1.54, 1.807) is 6.92 Å². The van der Waals surface area contributed by atoms with Gasteiger partial charge in [0.1, 0.15) is 18.3 Å². The molecule has 4 saturated carbocycles. The van der Waals surface area contributed by atoms with Crippen molar-refractivity contribution in [2.45, 2.75) is 156 Å². The van der Waals surface area contributed by atoms with Crippen LogP contribution in [0.3, 0.4) is 0 Å². The summed E-state index contributed by atoms with van der Waals surface area (Å²) in [5.74, 6) is -1.83. The maximum absolute atomic E-state index is 12.5. The van der Waals surface area contributed by atoms with Crippen LogP contribution >= 0.6 is 0 Å². The molecule has 5 fully saturated rings. The number of aliphatic carboxylic acids is 1. The molecule has 6 aliphatic rings. The lowest BCUT2D eigenvalue weighted by atomic mass is 9.34. The fraction of sp³-hybridized carbons (Fsp3) is 0.872. The highest BCUT2D eigenvalue weighted by Crippen LogP contribution is 2.75. The molecule has 0 aromatic heterocycles. The third-order valence-corrected chi connectivity index (χ3v) is 15.6. The number of hydrogen-bond donors (Lipinski definition) is 4. The quantitative estimate of drug-likeness (QED) is 0.222. The monoisotopic (exact) mass is 704 g/mol. The van der Waals surface area contributed by atoms with Gasteiger partial charge in [0, 0.05) is 31.6 Å². The first-order valence-corrected chi connectivity index (χ1v) is 18.8. The average molecular weight is 705 g/mol. The van der Waals surface area contributed by atoms with Gasteiger partial charge in [0.05, 0.1) is 24.2 Å². The number of carboxylic acid groups (broad SMARTS) is 1. The predicted molar refractivity (Wildman–Crippen MR) is 181 cm³/mol. The van der Waals surface area contributed by atoms with Crippen molar-refractivity contribution < 1.29 is 53.8 Å². The molecule has 11 nitrogen and oxygen atoms in total. The lowest BCUT2D eigenvalue weighted by Crippen LogP contribution is -2.67. The standard InChI is InChI=1S/C39H60O11/c1-20-32(50-22(3)41)30(43)31(44)33(48-20)47-19-23-24-11-12-38(7)28(39(24,8)29(42)17-27(23)49-21(2)40)10-9-25-26-18-36(5,34(45)46)14-13-35(26,4)15-16-37(25,38)6/h9,20,23-24,26-33,42-44H,10-19H2,1-8H3,(H,45,46)/t20-,23-,24-,26-,27-,28-,29-,30-,31+,32-,33+,35+,36+,37+,38+,39-/m0/s1.